The van der Waals surface area contributed by atoms with E-state index < -0.39 is 12.1 Å². The molecule has 2 fully saturated rings. The van der Waals surface area contributed by atoms with E-state index in [1.54, 1.807) is 0 Å². The van der Waals surface area contributed by atoms with Crippen LogP contribution >= 0.6 is 0 Å². The van der Waals surface area contributed by atoms with Gasteiger partial charge in [0.1, 0.15) is 0 Å². The predicted octanol–water partition coefficient (Wildman–Crippen LogP) is 1.96. The molecule has 0 radical (unpaired) electrons. The van der Waals surface area contributed by atoms with Gasteiger partial charge < -0.3 is 11.1 Å². The lowest BCUT2D eigenvalue weighted by Gasteiger charge is -2.30. The molecule has 0 saturated heterocycles. The van der Waals surface area contributed by atoms with Crippen LogP contribution in [0.5, 0.6) is 0 Å². The Hall–Kier alpha value is -0.780. The fourth-order valence-corrected chi connectivity index (χ4v) is 2.58. The minimum absolute atomic E-state index is 0.0667. The van der Waals surface area contributed by atoms with Crippen molar-refractivity contribution in [2.24, 2.45) is 17.6 Å². The number of nitrogens with one attached hydrogen (secondary N) is 1. The normalized spacial score (nSPS) is 30.9. The van der Waals surface area contributed by atoms with E-state index in [1.807, 2.05) is 0 Å². The van der Waals surface area contributed by atoms with Gasteiger partial charge in [-0.2, -0.15) is 13.2 Å². The Morgan fingerprint density at radius 1 is 1.22 bits per heavy atom. The van der Waals surface area contributed by atoms with E-state index in [2.05, 4.69) is 5.32 Å². The highest BCUT2D eigenvalue weighted by atomic mass is 19.4. The third kappa shape index (κ3) is 2.96. The third-order valence-corrected chi connectivity index (χ3v) is 4.19. The summed E-state index contributed by atoms with van der Waals surface area (Å²) in [6, 6.07) is 0. The molecule has 0 aliphatic heterocycles. The van der Waals surface area contributed by atoms with Crippen LogP contribution in [-0.2, 0) is 4.79 Å². The topological polar surface area (TPSA) is 55.1 Å². The van der Waals surface area contributed by atoms with Crippen molar-refractivity contribution < 1.29 is 18.0 Å². The number of carbonyl (C=O) groups excluding carboxylic acids is 1. The molecule has 3 N–H and O–H groups in total. The number of rotatable bonds is 3. The van der Waals surface area contributed by atoms with Gasteiger partial charge in [0.05, 0.1) is 11.5 Å². The first-order valence-corrected chi connectivity index (χ1v) is 6.45. The highest BCUT2D eigenvalue weighted by Gasteiger charge is 2.46. The van der Waals surface area contributed by atoms with E-state index in [9.17, 15) is 18.0 Å². The van der Waals surface area contributed by atoms with Crippen LogP contribution in [0.4, 0.5) is 13.2 Å². The fraction of sp³-hybridized carbons (Fsp3) is 0.917. The second-order valence-corrected chi connectivity index (χ2v) is 5.56. The Kier molecular flexibility index (Phi) is 3.58. The van der Waals surface area contributed by atoms with Crippen molar-refractivity contribution >= 4 is 5.91 Å². The highest BCUT2D eigenvalue weighted by molar-refractivity contribution is 5.80. The second-order valence-electron chi connectivity index (χ2n) is 5.56. The summed E-state index contributed by atoms with van der Waals surface area (Å²) in [5, 5.41) is 2.90. The van der Waals surface area contributed by atoms with Gasteiger partial charge in [0.25, 0.3) is 0 Å². The fourth-order valence-electron chi connectivity index (χ4n) is 2.58. The molecule has 0 unspecified atom stereocenters. The number of halogens is 3. The lowest BCUT2D eigenvalue weighted by atomic mass is 9.81. The molecule has 2 aliphatic rings. The van der Waals surface area contributed by atoms with Gasteiger partial charge >= 0.3 is 6.18 Å². The highest BCUT2D eigenvalue weighted by Crippen LogP contribution is 2.40. The van der Waals surface area contributed by atoms with Crippen molar-refractivity contribution in [3.63, 3.8) is 0 Å². The Balaban J connectivity index is 1.81. The zero-order valence-corrected chi connectivity index (χ0v) is 10.2. The minimum Gasteiger partial charge on any atom is -0.349 e. The summed E-state index contributed by atoms with van der Waals surface area (Å²) in [4.78, 5) is 11.9. The number of hydrogen-bond acceptors (Lipinski definition) is 2. The Morgan fingerprint density at radius 3 is 2.17 bits per heavy atom. The van der Waals surface area contributed by atoms with Gasteiger partial charge in [0.2, 0.25) is 5.91 Å². The molecule has 6 heteroatoms. The average molecular weight is 264 g/mol. The van der Waals surface area contributed by atoms with Gasteiger partial charge in [-0.15, -0.1) is 0 Å². The van der Waals surface area contributed by atoms with Crippen LogP contribution in [0.3, 0.4) is 0 Å². The van der Waals surface area contributed by atoms with Crippen LogP contribution in [-0.4, -0.2) is 24.2 Å². The lowest BCUT2D eigenvalue weighted by molar-refractivity contribution is -0.184. The maximum atomic E-state index is 12.5. The number of hydrogen-bond donors (Lipinski definition) is 2. The molecule has 104 valence electrons. The molecule has 18 heavy (non-hydrogen) atoms. The number of nitrogens with two attached hydrogens (primary N) is 1. The summed E-state index contributed by atoms with van der Waals surface area (Å²) in [6.45, 7) is 0.413. The number of alkyl halides is 3. The smallest absolute Gasteiger partial charge is 0.349 e. The van der Waals surface area contributed by atoms with Crippen molar-refractivity contribution in [3.05, 3.63) is 0 Å². The van der Waals surface area contributed by atoms with Crippen LogP contribution in [0.15, 0.2) is 0 Å². The van der Waals surface area contributed by atoms with Crippen molar-refractivity contribution in [2.45, 2.75) is 50.2 Å². The molecule has 0 spiro atoms. The van der Waals surface area contributed by atoms with E-state index in [0.29, 0.717) is 19.4 Å². The molecule has 0 aromatic rings. The third-order valence-electron chi connectivity index (χ3n) is 4.19. The van der Waals surface area contributed by atoms with E-state index in [1.165, 1.54) is 0 Å². The summed E-state index contributed by atoms with van der Waals surface area (Å²) < 4.78 is 37.5. The van der Waals surface area contributed by atoms with E-state index >= 15 is 0 Å². The maximum absolute atomic E-state index is 12.5. The predicted molar refractivity (Wildman–Crippen MR) is 60.7 cm³/mol. The molecular formula is C12H19F3N2O. The Labute approximate surface area is 104 Å². The largest absolute Gasteiger partial charge is 0.391 e. The van der Waals surface area contributed by atoms with Gasteiger partial charge in [-0.1, -0.05) is 0 Å². The molecule has 0 atom stereocenters. The summed E-state index contributed by atoms with van der Waals surface area (Å²) in [6.07, 6.45) is -1.56. The van der Waals surface area contributed by atoms with Gasteiger partial charge in [-0.25, -0.2) is 0 Å². The van der Waals surface area contributed by atoms with Crippen LogP contribution in [0.2, 0.25) is 0 Å². The first kappa shape index (κ1) is 13.6. The van der Waals surface area contributed by atoms with Gasteiger partial charge in [-0.05, 0) is 38.5 Å². The van der Waals surface area contributed by atoms with E-state index in [-0.39, 0.29) is 30.2 Å². The molecule has 1 amide bonds. The first-order chi connectivity index (χ1) is 8.36. The average Bonchev–Trinajstić information content (AvgIpc) is 3.08. The molecule has 0 aromatic carbocycles. The molecule has 2 rings (SSSR count). The molecule has 3 nitrogen and oxygen atoms in total. The van der Waals surface area contributed by atoms with E-state index in [0.717, 1.165) is 12.8 Å². The molecule has 0 aromatic heterocycles. The zero-order valence-electron chi connectivity index (χ0n) is 10.2. The second kappa shape index (κ2) is 4.72. The minimum atomic E-state index is -4.11. The maximum Gasteiger partial charge on any atom is 0.391 e. The summed E-state index contributed by atoms with van der Waals surface area (Å²) >= 11 is 0. The van der Waals surface area contributed by atoms with Crippen LogP contribution in [0.25, 0.3) is 0 Å². The van der Waals surface area contributed by atoms with Crippen LogP contribution in [0.1, 0.15) is 38.5 Å². The molecule has 0 bridgehead atoms. The quantitative estimate of drug-likeness (QED) is 0.818. The number of amides is 1. The Bertz CT molecular complexity index is 318. The summed E-state index contributed by atoms with van der Waals surface area (Å²) in [5.41, 5.74) is 5.31. The van der Waals surface area contributed by atoms with Crippen LogP contribution < -0.4 is 11.1 Å². The van der Waals surface area contributed by atoms with Crippen molar-refractivity contribution in [2.75, 3.05) is 6.54 Å². The first-order valence-electron chi connectivity index (χ1n) is 6.45. The van der Waals surface area contributed by atoms with Crippen molar-refractivity contribution in [1.82, 2.24) is 5.32 Å². The summed E-state index contributed by atoms with van der Waals surface area (Å²) in [7, 11) is 0. The standard InChI is InChI=1S/C12H19F3N2O/c13-12(14,15)9-3-1-8(2-4-9)10(18)17-11(7-16)5-6-11/h8-9H,1-7,16H2,(H,17,18). The van der Waals surface area contributed by atoms with Crippen molar-refractivity contribution in [3.8, 4) is 0 Å². The number of carbonyl (C=O) groups is 1. The van der Waals surface area contributed by atoms with Gasteiger partial charge in [0, 0.05) is 12.5 Å². The molecular weight excluding hydrogens is 245 g/mol. The lowest BCUT2D eigenvalue weighted by Crippen LogP contribution is -2.46. The molecule has 0 heterocycles. The van der Waals surface area contributed by atoms with Gasteiger partial charge in [-0.3, -0.25) is 4.79 Å². The summed E-state index contributed by atoms with van der Waals surface area (Å²) in [5.74, 6) is -1.61. The molecule has 2 saturated carbocycles. The SMILES string of the molecule is NCC1(NC(=O)C2CCC(C(F)(F)F)CC2)CC1. The van der Waals surface area contributed by atoms with E-state index in [4.69, 9.17) is 5.73 Å². The monoisotopic (exact) mass is 264 g/mol. The van der Waals surface area contributed by atoms with Crippen LogP contribution in [0, 0.1) is 11.8 Å². The van der Waals surface area contributed by atoms with Crippen molar-refractivity contribution in [1.29, 1.82) is 0 Å². The zero-order chi connectivity index (χ0) is 13.4. The van der Waals surface area contributed by atoms with Gasteiger partial charge in [0.15, 0.2) is 0 Å². The Morgan fingerprint density at radius 2 is 1.78 bits per heavy atom. The molecule has 2 aliphatic carbocycles.